The largest absolute Gasteiger partial charge is 0.342 e. The fourth-order valence-corrected chi connectivity index (χ4v) is 6.47. The molecule has 0 unspecified atom stereocenters. The number of carbonyl (C=O) groups is 3. The van der Waals surface area contributed by atoms with E-state index >= 15 is 0 Å². The molecule has 0 N–H and O–H groups in total. The summed E-state index contributed by atoms with van der Waals surface area (Å²) in [6, 6.07) is 10.5. The number of halogens is 1. The van der Waals surface area contributed by atoms with Gasteiger partial charge in [0, 0.05) is 58.2 Å². The minimum atomic E-state index is -0.680. The van der Waals surface area contributed by atoms with Gasteiger partial charge in [0.15, 0.2) is 0 Å². The fraction of sp³-hybridized carbons (Fsp3) is 0.690. The Morgan fingerprint density at radius 2 is 1.68 bits per heavy atom. The zero-order chi connectivity index (χ0) is 26.1. The van der Waals surface area contributed by atoms with Crippen molar-refractivity contribution in [2.45, 2.75) is 71.8 Å². The zero-order valence-corrected chi connectivity index (χ0v) is 24.1. The van der Waals surface area contributed by atoms with Crippen LogP contribution in [0.15, 0.2) is 30.3 Å². The van der Waals surface area contributed by atoms with Crippen molar-refractivity contribution in [3.8, 4) is 0 Å². The molecule has 3 aliphatic rings. The number of imide groups is 1. The highest BCUT2D eigenvalue weighted by Crippen LogP contribution is 2.39. The molecule has 1 spiro atoms. The third-order valence-electron chi connectivity index (χ3n) is 8.26. The van der Waals surface area contributed by atoms with Gasteiger partial charge in [-0.25, -0.2) is 4.79 Å². The number of likely N-dealkylation sites (tertiary alicyclic amines) is 2. The number of rotatable bonds is 7. The van der Waals surface area contributed by atoms with Crippen molar-refractivity contribution < 1.29 is 14.4 Å². The summed E-state index contributed by atoms with van der Waals surface area (Å²) in [4.78, 5) is 47.2. The standard InChI is InChI=1S/C29H44N4O3.ClH/c1-6-15-32-26(35)29(33(7-2)27(32)36)13-16-30(17-14-29)19-23-20-31(25(34)18-28(3,4)5)21-24(23)22-11-9-8-10-12-22;/h8-12,23-24H,6-7,13-21H2,1-5H3;1H/t23-,24+;/m0./s1. The van der Waals surface area contributed by atoms with E-state index in [1.807, 2.05) is 24.8 Å². The van der Waals surface area contributed by atoms with Gasteiger partial charge in [-0.05, 0) is 43.1 Å². The number of hydrogen-bond donors (Lipinski definition) is 0. The molecule has 1 aromatic rings. The lowest BCUT2D eigenvalue weighted by Gasteiger charge is -2.42. The van der Waals surface area contributed by atoms with Crippen molar-refractivity contribution in [2.24, 2.45) is 11.3 Å². The lowest BCUT2D eigenvalue weighted by atomic mass is 9.84. The Morgan fingerprint density at radius 1 is 1.03 bits per heavy atom. The van der Waals surface area contributed by atoms with Crippen LogP contribution in [0.3, 0.4) is 0 Å². The minimum absolute atomic E-state index is 0. The molecular weight excluding hydrogens is 488 g/mol. The van der Waals surface area contributed by atoms with E-state index in [-0.39, 0.29) is 35.7 Å². The lowest BCUT2D eigenvalue weighted by molar-refractivity contribution is -0.136. The molecule has 0 aliphatic carbocycles. The van der Waals surface area contributed by atoms with Crippen molar-refractivity contribution in [3.05, 3.63) is 35.9 Å². The summed E-state index contributed by atoms with van der Waals surface area (Å²) < 4.78 is 0. The first-order valence-corrected chi connectivity index (χ1v) is 13.8. The van der Waals surface area contributed by atoms with E-state index in [1.54, 1.807) is 0 Å². The molecule has 8 heteroatoms. The Labute approximate surface area is 228 Å². The maximum Gasteiger partial charge on any atom is 0.327 e. The topological polar surface area (TPSA) is 64.2 Å². The summed E-state index contributed by atoms with van der Waals surface area (Å²) in [6.07, 6.45) is 2.71. The fourth-order valence-electron chi connectivity index (χ4n) is 6.47. The molecule has 7 nitrogen and oxygen atoms in total. The molecule has 4 rings (SSSR count). The van der Waals surface area contributed by atoms with Crippen LogP contribution in [0.25, 0.3) is 0 Å². The second-order valence-corrected chi connectivity index (χ2v) is 12.1. The number of carbonyl (C=O) groups excluding carboxylic acids is 3. The lowest BCUT2D eigenvalue weighted by Crippen LogP contribution is -2.57. The number of urea groups is 1. The summed E-state index contributed by atoms with van der Waals surface area (Å²) in [5.41, 5.74) is 0.590. The van der Waals surface area contributed by atoms with Crippen LogP contribution in [0.1, 0.15) is 71.8 Å². The first kappa shape index (κ1) is 29.4. The molecule has 3 saturated heterocycles. The summed E-state index contributed by atoms with van der Waals surface area (Å²) >= 11 is 0. The van der Waals surface area contributed by atoms with Crippen molar-refractivity contribution in [2.75, 3.05) is 45.8 Å². The Hall–Kier alpha value is -2.12. The maximum atomic E-state index is 13.4. The molecule has 3 fully saturated rings. The van der Waals surface area contributed by atoms with Crippen LogP contribution in [-0.2, 0) is 9.59 Å². The van der Waals surface area contributed by atoms with Gasteiger partial charge in [0.2, 0.25) is 5.91 Å². The highest BCUT2D eigenvalue weighted by atomic mass is 35.5. The van der Waals surface area contributed by atoms with Crippen molar-refractivity contribution in [1.82, 2.24) is 19.6 Å². The summed E-state index contributed by atoms with van der Waals surface area (Å²) in [7, 11) is 0. The Kier molecular flexibility index (Phi) is 9.33. The number of nitrogens with zero attached hydrogens (tertiary/aromatic N) is 4. The van der Waals surface area contributed by atoms with Crippen LogP contribution < -0.4 is 0 Å². The van der Waals surface area contributed by atoms with Crippen LogP contribution in [0.2, 0.25) is 0 Å². The van der Waals surface area contributed by atoms with Crippen LogP contribution >= 0.6 is 12.4 Å². The average molecular weight is 533 g/mol. The summed E-state index contributed by atoms with van der Waals surface area (Å²) in [5, 5.41) is 0. The first-order chi connectivity index (χ1) is 17.1. The quantitative estimate of drug-likeness (QED) is 0.481. The molecule has 0 radical (unpaired) electrons. The Bertz CT molecular complexity index is 956. The van der Waals surface area contributed by atoms with Gasteiger partial charge in [0.1, 0.15) is 5.54 Å². The molecule has 206 valence electrons. The number of likely N-dealkylation sites (N-methyl/N-ethyl adjacent to an activating group) is 1. The van der Waals surface area contributed by atoms with Gasteiger partial charge in [-0.15, -0.1) is 12.4 Å². The third kappa shape index (κ3) is 5.98. The molecule has 2 atom stereocenters. The van der Waals surface area contributed by atoms with Crippen molar-refractivity contribution in [3.63, 3.8) is 0 Å². The molecule has 1 aromatic carbocycles. The van der Waals surface area contributed by atoms with E-state index < -0.39 is 5.54 Å². The molecule has 37 heavy (non-hydrogen) atoms. The van der Waals surface area contributed by atoms with Gasteiger partial charge >= 0.3 is 6.03 Å². The predicted molar refractivity (Wildman–Crippen MR) is 149 cm³/mol. The summed E-state index contributed by atoms with van der Waals surface area (Å²) in [6.45, 7) is 15.4. The SMILES string of the molecule is CCCN1C(=O)N(CC)C2(CCN(C[C@H]3CN(C(=O)CC(C)(C)C)C[C@@H]3c3ccccc3)CC2)C1=O.Cl. The monoisotopic (exact) mass is 532 g/mol. The van der Waals surface area contributed by atoms with Gasteiger partial charge in [-0.2, -0.15) is 0 Å². The van der Waals surface area contributed by atoms with E-state index in [0.717, 1.165) is 39.1 Å². The minimum Gasteiger partial charge on any atom is -0.342 e. The average Bonchev–Trinajstić information content (AvgIpc) is 3.34. The van der Waals surface area contributed by atoms with E-state index in [4.69, 9.17) is 0 Å². The predicted octanol–water partition coefficient (Wildman–Crippen LogP) is 4.62. The summed E-state index contributed by atoms with van der Waals surface area (Å²) in [5.74, 6) is 0.907. The number of amides is 4. The molecular formula is C29H45ClN4O3. The Morgan fingerprint density at radius 3 is 2.24 bits per heavy atom. The van der Waals surface area contributed by atoms with E-state index in [1.165, 1.54) is 10.5 Å². The molecule has 4 amide bonds. The van der Waals surface area contributed by atoms with E-state index in [9.17, 15) is 14.4 Å². The second kappa shape index (κ2) is 11.7. The highest BCUT2D eigenvalue weighted by Gasteiger charge is 2.57. The molecule has 0 bridgehead atoms. The van der Waals surface area contributed by atoms with E-state index in [0.29, 0.717) is 44.2 Å². The third-order valence-corrected chi connectivity index (χ3v) is 8.26. The number of hydrogen-bond acceptors (Lipinski definition) is 4. The van der Waals surface area contributed by atoms with Gasteiger partial charge in [0.05, 0.1) is 0 Å². The normalized spacial score (nSPS) is 24.2. The highest BCUT2D eigenvalue weighted by molar-refractivity contribution is 6.07. The maximum absolute atomic E-state index is 13.4. The van der Waals surface area contributed by atoms with Crippen LogP contribution in [0.4, 0.5) is 4.79 Å². The second-order valence-electron chi connectivity index (χ2n) is 12.1. The van der Waals surface area contributed by atoms with Crippen LogP contribution in [-0.4, -0.2) is 88.8 Å². The van der Waals surface area contributed by atoms with E-state index in [2.05, 4.69) is 54.8 Å². The molecule has 3 aliphatic heterocycles. The van der Waals surface area contributed by atoms with Crippen LogP contribution in [0, 0.1) is 11.3 Å². The smallest absolute Gasteiger partial charge is 0.327 e. The number of benzene rings is 1. The van der Waals surface area contributed by atoms with Gasteiger partial charge in [-0.1, -0.05) is 58.0 Å². The number of piperidine rings is 1. The van der Waals surface area contributed by atoms with Gasteiger partial charge in [-0.3, -0.25) is 14.5 Å². The van der Waals surface area contributed by atoms with Crippen LogP contribution in [0.5, 0.6) is 0 Å². The first-order valence-electron chi connectivity index (χ1n) is 13.8. The molecule has 0 aromatic heterocycles. The zero-order valence-electron chi connectivity index (χ0n) is 23.2. The molecule has 0 saturated carbocycles. The Balaban J connectivity index is 0.00000380. The van der Waals surface area contributed by atoms with Gasteiger partial charge in [0.25, 0.3) is 5.91 Å². The van der Waals surface area contributed by atoms with Crippen molar-refractivity contribution >= 4 is 30.3 Å². The van der Waals surface area contributed by atoms with Gasteiger partial charge < -0.3 is 14.7 Å². The molecule has 3 heterocycles. The van der Waals surface area contributed by atoms with Crippen molar-refractivity contribution in [1.29, 1.82) is 0 Å².